The first-order valence-corrected chi connectivity index (χ1v) is 3.55. The van der Waals surface area contributed by atoms with Crippen LogP contribution in [-0.2, 0) is 6.42 Å². The standard InChI is InChI=1S/C8H8N3O/c1-6-7(3-2-4-9)8(12)11-5-10-6/h2-3H2,1H3,(H,10,11,12). The van der Waals surface area contributed by atoms with Crippen molar-refractivity contribution in [3.8, 4) is 11.9 Å². The lowest BCUT2D eigenvalue weighted by atomic mass is 10.1. The minimum Gasteiger partial charge on any atom is -0.493 e. The summed E-state index contributed by atoms with van der Waals surface area (Å²) >= 11 is 0. The quantitative estimate of drug-likeness (QED) is 0.696. The molecule has 0 fully saturated rings. The predicted octanol–water partition coefficient (Wildman–Crippen LogP) is 0.747. The number of rotatable bonds is 2. The van der Waals surface area contributed by atoms with Gasteiger partial charge in [0.15, 0.2) is 0 Å². The average Bonchev–Trinajstić information content (AvgIpc) is 2.04. The fourth-order valence-electron chi connectivity index (χ4n) is 0.918. The molecule has 12 heavy (non-hydrogen) atoms. The summed E-state index contributed by atoms with van der Waals surface area (Å²) in [5, 5.41) is 17.6. The summed E-state index contributed by atoms with van der Waals surface area (Å²) in [5.74, 6) is -0.0715. The van der Waals surface area contributed by atoms with Gasteiger partial charge in [0.05, 0.1) is 6.07 Å². The van der Waals surface area contributed by atoms with Crippen molar-refractivity contribution >= 4 is 0 Å². The third-order valence-electron chi connectivity index (χ3n) is 1.57. The van der Waals surface area contributed by atoms with Crippen molar-refractivity contribution in [2.24, 2.45) is 0 Å². The Balaban J connectivity index is 2.90. The van der Waals surface area contributed by atoms with E-state index in [1.165, 1.54) is 0 Å². The fourth-order valence-corrected chi connectivity index (χ4v) is 0.918. The third-order valence-corrected chi connectivity index (χ3v) is 1.57. The van der Waals surface area contributed by atoms with Crippen molar-refractivity contribution in [1.29, 1.82) is 5.26 Å². The van der Waals surface area contributed by atoms with Gasteiger partial charge >= 0.3 is 0 Å². The van der Waals surface area contributed by atoms with Crippen LogP contribution in [0, 0.1) is 24.6 Å². The molecule has 0 bridgehead atoms. The Hall–Kier alpha value is -1.63. The van der Waals surface area contributed by atoms with Crippen LogP contribution in [0.1, 0.15) is 17.7 Å². The van der Waals surface area contributed by atoms with Crippen LogP contribution < -0.4 is 0 Å². The zero-order valence-electron chi connectivity index (χ0n) is 6.70. The van der Waals surface area contributed by atoms with Gasteiger partial charge in [-0.3, -0.25) is 0 Å². The molecular weight excluding hydrogens is 154 g/mol. The highest BCUT2D eigenvalue weighted by atomic mass is 16.3. The molecule has 1 N–H and O–H groups in total. The van der Waals surface area contributed by atoms with Crippen LogP contribution in [-0.4, -0.2) is 15.1 Å². The van der Waals surface area contributed by atoms with Gasteiger partial charge in [-0.1, -0.05) is 0 Å². The number of aromatic nitrogens is 2. The van der Waals surface area contributed by atoms with Crippen molar-refractivity contribution in [2.75, 3.05) is 0 Å². The van der Waals surface area contributed by atoms with E-state index >= 15 is 0 Å². The Kier molecular flexibility index (Phi) is 2.59. The molecule has 0 aromatic carbocycles. The number of hydrogen-bond donors (Lipinski definition) is 1. The minimum atomic E-state index is -0.0715. The molecule has 4 nitrogen and oxygen atoms in total. The normalized spacial score (nSPS) is 9.33. The van der Waals surface area contributed by atoms with Crippen molar-refractivity contribution in [1.82, 2.24) is 9.97 Å². The molecule has 1 aromatic rings. The Morgan fingerprint density at radius 3 is 2.92 bits per heavy atom. The number of aromatic hydroxyl groups is 1. The lowest BCUT2D eigenvalue weighted by Crippen LogP contribution is -1.95. The molecule has 61 valence electrons. The molecule has 1 rings (SSSR count). The Bertz CT molecular complexity index is 296. The lowest BCUT2D eigenvalue weighted by molar-refractivity contribution is 0.442. The van der Waals surface area contributed by atoms with Crippen molar-refractivity contribution in [2.45, 2.75) is 19.8 Å². The highest BCUT2D eigenvalue weighted by Crippen LogP contribution is 2.16. The maximum absolute atomic E-state index is 9.23. The van der Waals surface area contributed by atoms with Gasteiger partial charge in [-0.25, -0.2) is 4.98 Å². The fraction of sp³-hybridized carbons (Fsp3) is 0.375. The zero-order chi connectivity index (χ0) is 8.97. The Morgan fingerprint density at radius 1 is 1.58 bits per heavy atom. The summed E-state index contributed by atoms with van der Waals surface area (Å²) < 4.78 is 0. The van der Waals surface area contributed by atoms with E-state index in [0.29, 0.717) is 24.1 Å². The van der Waals surface area contributed by atoms with Gasteiger partial charge in [0, 0.05) is 17.7 Å². The topological polar surface area (TPSA) is 69.8 Å². The first kappa shape index (κ1) is 8.47. The molecule has 4 heteroatoms. The van der Waals surface area contributed by atoms with E-state index in [1.807, 2.05) is 6.07 Å². The SMILES string of the molecule is Cc1n[c]nc(O)c1CCC#N. The zero-order valence-corrected chi connectivity index (χ0v) is 6.70. The molecule has 0 saturated carbocycles. The highest BCUT2D eigenvalue weighted by molar-refractivity contribution is 5.27. The van der Waals surface area contributed by atoms with Crippen LogP contribution >= 0.6 is 0 Å². The third kappa shape index (κ3) is 1.70. The van der Waals surface area contributed by atoms with Crippen molar-refractivity contribution < 1.29 is 5.11 Å². The molecule has 0 unspecified atom stereocenters. The second kappa shape index (κ2) is 3.67. The summed E-state index contributed by atoms with van der Waals surface area (Å²) in [6, 6.07) is 1.99. The Morgan fingerprint density at radius 2 is 2.33 bits per heavy atom. The molecule has 0 amide bonds. The van der Waals surface area contributed by atoms with Gasteiger partial charge in [-0.15, -0.1) is 0 Å². The molecule has 0 saturated heterocycles. The van der Waals surface area contributed by atoms with Crippen molar-refractivity contribution in [3.05, 3.63) is 17.6 Å². The van der Waals surface area contributed by atoms with E-state index in [0.717, 1.165) is 0 Å². The second-order valence-electron chi connectivity index (χ2n) is 2.37. The maximum Gasteiger partial charge on any atom is 0.218 e. The predicted molar refractivity (Wildman–Crippen MR) is 41.2 cm³/mol. The van der Waals surface area contributed by atoms with E-state index in [1.54, 1.807) is 6.92 Å². The summed E-state index contributed by atoms with van der Waals surface area (Å²) in [4.78, 5) is 7.29. The molecule has 0 aliphatic carbocycles. The molecule has 0 aliphatic heterocycles. The molecule has 0 atom stereocenters. The van der Waals surface area contributed by atoms with Crippen LogP contribution in [0.4, 0.5) is 0 Å². The molecule has 0 spiro atoms. The number of nitriles is 1. The van der Waals surface area contributed by atoms with Crippen LogP contribution in [0.3, 0.4) is 0 Å². The first-order valence-electron chi connectivity index (χ1n) is 3.55. The molecular formula is C8H8N3O. The van der Waals surface area contributed by atoms with E-state index in [-0.39, 0.29) is 5.88 Å². The average molecular weight is 162 g/mol. The van der Waals surface area contributed by atoms with Crippen LogP contribution in [0.25, 0.3) is 0 Å². The summed E-state index contributed by atoms with van der Waals surface area (Å²) in [6.07, 6.45) is 3.16. The number of aryl methyl sites for hydroxylation is 1. The van der Waals surface area contributed by atoms with E-state index in [4.69, 9.17) is 5.26 Å². The van der Waals surface area contributed by atoms with E-state index < -0.39 is 0 Å². The highest BCUT2D eigenvalue weighted by Gasteiger charge is 2.05. The van der Waals surface area contributed by atoms with E-state index in [2.05, 4.69) is 16.3 Å². The molecule has 1 heterocycles. The summed E-state index contributed by atoms with van der Waals surface area (Å²) in [5.41, 5.74) is 1.31. The van der Waals surface area contributed by atoms with Gasteiger partial charge in [0.25, 0.3) is 0 Å². The van der Waals surface area contributed by atoms with Gasteiger partial charge in [0.2, 0.25) is 12.2 Å². The van der Waals surface area contributed by atoms with Crippen LogP contribution in [0.15, 0.2) is 0 Å². The largest absolute Gasteiger partial charge is 0.493 e. The van der Waals surface area contributed by atoms with Gasteiger partial charge in [-0.2, -0.15) is 10.2 Å². The number of nitrogens with zero attached hydrogens (tertiary/aromatic N) is 3. The number of hydrogen-bond acceptors (Lipinski definition) is 4. The second-order valence-corrected chi connectivity index (χ2v) is 2.37. The van der Waals surface area contributed by atoms with Gasteiger partial charge in [-0.05, 0) is 13.3 Å². The van der Waals surface area contributed by atoms with Crippen molar-refractivity contribution in [3.63, 3.8) is 0 Å². The molecule has 1 aromatic heterocycles. The smallest absolute Gasteiger partial charge is 0.218 e. The van der Waals surface area contributed by atoms with Gasteiger partial charge < -0.3 is 5.11 Å². The molecule has 1 radical (unpaired) electrons. The van der Waals surface area contributed by atoms with Crippen LogP contribution in [0.2, 0.25) is 0 Å². The monoisotopic (exact) mass is 162 g/mol. The molecule has 0 aliphatic rings. The minimum absolute atomic E-state index is 0.0715. The van der Waals surface area contributed by atoms with Crippen LogP contribution in [0.5, 0.6) is 5.88 Å². The lowest BCUT2D eigenvalue weighted by Gasteiger charge is -2.01. The first-order chi connectivity index (χ1) is 5.75. The van der Waals surface area contributed by atoms with Gasteiger partial charge in [0.1, 0.15) is 0 Å². The maximum atomic E-state index is 9.23. The Labute approximate surface area is 70.5 Å². The summed E-state index contributed by atoms with van der Waals surface area (Å²) in [7, 11) is 0. The summed E-state index contributed by atoms with van der Waals surface area (Å²) in [6.45, 7) is 1.75. The van der Waals surface area contributed by atoms with E-state index in [9.17, 15) is 5.11 Å².